The minimum Gasteiger partial charge on any atom is -0.261 e. The Morgan fingerprint density at radius 1 is 1.50 bits per heavy atom. The molecule has 1 aromatic rings. The molecular weight excluding hydrogens is 222 g/mol. The summed E-state index contributed by atoms with van der Waals surface area (Å²) in [7, 11) is -3.80. The average molecular weight is 231 g/mol. The summed E-state index contributed by atoms with van der Waals surface area (Å²) in [6, 6.07) is 1.94. The van der Waals surface area contributed by atoms with E-state index in [1.807, 2.05) is 13.0 Å². The molecule has 0 saturated heterocycles. The SMILES string of the molecule is Cc1sc(NS(N)(=O)=O)c(C#N)c1C. The summed E-state index contributed by atoms with van der Waals surface area (Å²) in [4.78, 5) is 0.896. The van der Waals surface area contributed by atoms with E-state index in [0.717, 1.165) is 10.4 Å². The van der Waals surface area contributed by atoms with Crippen molar-refractivity contribution in [2.45, 2.75) is 13.8 Å². The zero-order valence-corrected chi connectivity index (χ0v) is 9.29. The normalized spacial score (nSPS) is 11.0. The molecule has 1 rings (SSSR count). The van der Waals surface area contributed by atoms with Gasteiger partial charge in [-0.2, -0.15) is 13.7 Å². The largest absolute Gasteiger partial charge is 0.297 e. The lowest BCUT2D eigenvalue weighted by Gasteiger charge is -1.99. The molecule has 0 aromatic carbocycles. The molecule has 5 nitrogen and oxygen atoms in total. The van der Waals surface area contributed by atoms with Crippen LogP contribution >= 0.6 is 11.3 Å². The zero-order chi connectivity index (χ0) is 10.9. The third-order valence-electron chi connectivity index (χ3n) is 1.73. The van der Waals surface area contributed by atoms with Crippen LogP contribution in [0.5, 0.6) is 0 Å². The smallest absolute Gasteiger partial charge is 0.261 e. The molecule has 14 heavy (non-hydrogen) atoms. The first-order chi connectivity index (χ1) is 6.35. The van der Waals surface area contributed by atoms with Gasteiger partial charge in [0.1, 0.15) is 11.1 Å². The van der Waals surface area contributed by atoms with E-state index in [1.54, 1.807) is 6.92 Å². The molecule has 0 bridgehead atoms. The van der Waals surface area contributed by atoms with Gasteiger partial charge in [0.2, 0.25) is 0 Å². The van der Waals surface area contributed by atoms with E-state index in [9.17, 15) is 8.42 Å². The summed E-state index contributed by atoms with van der Waals surface area (Å²) in [5, 5.41) is 13.9. The van der Waals surface area contributed by atoms with Crippen LogP contribution in [-0.4, -0.2) is 8.42 Å². The average Bonchev–Trinajstić information content (AvgIpc) is 2.24. The molecule has 0 saturated carbocycles. The second kappa shape index (κ2) is 3.57. The van der Waals surface area contributed by atoms with E-state index in [1.165, 1.54) is 11.3 Å². The first kappa shape index (κ1) is 11.0. The number of nitriles is 1. The highest BCUT2D eigenvalue weighted by molar-refractivity contribution is 7.90. The molecule has 1 heterocycles. The van der Waals surface area contributed by atoms with Crippen molar-refractivity contribution in [3.05, 3.63) is 16.0 Å². The third-order valence-corrected chi connectivity index (χ3v) is 3.47. The molecule has 1 aromatic heterocycles. The number of rotatable bonds is 2. The van der Waals surface area contributed by atoms with Gasteiger partial charge in [-0.25, -0.2) is 5.14 Å². The maximum absolute atomic E-state index is 10.8. The van der Waals surface area contributed by atoms with Crippen LogP contribution in [-0.2, 0) is 10.2 Å². The second-order valence-electron chi connectivity index (χ2n) is 2.75. The van der Waals surface area contributed by atoms with Crippen molar-refractivity contribution in [2.75, 3.05) is 4.72 Å². The fourth-order valence-corrected chi connectivity index (χ4v) is 2.70. The number of hydrogen-bond donors (Lipinski definition) is 2. The van der Waals surface area contributed by atoms with Gasteiger partial charge >= 0.3 is 0 Å². The van der Waals surface area contributed by atoms with E-state index >= 15 is 0 Å². The molecule has 0 aliphatic rings. The molecule has 0 radical (unpaired) electrons. The van der Waals surface area contributed by atoms with Gasteiger partial charge in [-0.15, -0.1) is 11.3 Å². The minimum atomic E-state index is -3.80. The first-order valence-electron chi connectivity index (χ1n) is 3.66. The fraction of sp³-hybridized carbons (Fsp3) is 0.286. The Kier molecular flexibility index (Phi) is 2.80. The van der Waals surface area contributed by atoms with Crippen LogP contribution < -0.4 is 9.86 Å². The standard InChI is InChI=1S/C7H9N3O2S2/c1-4-5(2)13-7(6(4)3-8)10-14(9,11)12/h10H,1-2H3,(H2,9,11,12). The van der Waals surface area contributed by atoms with Crippen LogP contribution in [0.1, 0.15) is 16.0 Å². The molecule has 0 aliphatic carbocycles. The molecule has 7 heteroatoms. The van der Waals surface area contributed by atoms with Crippen molar-refractivity contribution >= 4 is 26.5 Å². The lowest BCUT2D eigenvalue weighted by atomic mass is 10.2. The highest BCUT2D eigenvalue weighted by atomic mass is 32.2. The fourth-order valence-electron chi connectivity index (χ4n) is 0.963. The van der Waals surface area contributed by atoms with Gasteiger partial charge in [-0.1, -0.05) is 0 Å². The lowest BCUT2D eigenvalue weighted by molar-refractivity contribution is 0.603. The second-order valence-corrected chi connectivity index (χ2v) is 5.27. The molecule has 0 fully saturated rings. The highest BCUT2D eigenvalue weighted by Gasteiger charge is 2.14. The molecule has 0 unspecified atom stereocenters. The topological polar surface area (TPSA) is 96.0 Å². The van der Waals surface area contributed by atoms with Crippen molar-refractivity contribution in [1.82, 2.24) is 0 Å². The summed E-state index contributed by atoms with van der Waals surface area (Å²) >= 11 is 1.20. The molecule has 0 spiro atoms. The number of anilines is 1. The van der Waals surface area contributed by atoms with Gasteiger partial charge in [0.05, 0.1) is 5.56 Å². The van der Waals surface area contributed by atoms with Crippen LogP contribution in [0.4, 0.5) is 5.00 Å². The van der Waals surface area contributed by atoms with Crippen molar-refractivity contribution in [1.29, 1.82) is 5.26 Å². The maximum atomic E-state index is 10.8. The summed E-state index contributed by atoms with van der Waals surface area (Å²) in [6.45, 7) is 3.58. The number of hydrogen-bond acceptors (Lipinski definition) is 4. The van der Waals surface area contributed by atoms with Gasteiger partial charge in [0.15, 0.2) is 0 Å². The van der Waals surface area contributed by atoms with Crippen LogP contribution in [0, 0.1) is 25.2 Å². The predicted molar refractivity (Wildman–Crippen MR) is 55.2 cm³/mol. The molecule has 0 aliphatic heterocycles. The van der Waals surface area contributed by atoms with Crippen LogP contribution in [0.15, 0.2) is 0 Å². The summed E-state index contributed by atoms with van der Waals surface area (Å²) in [6.07, 6.45) is 0. The van der Waals surface area contributed by atoms with E-state index in [0.29, 0.717) is 5.56 Å². The lowest BCUT2D eigenvalue weighted by Crippen LogP contribution is -2.21. The van der Waals surface area contributed by atoms with Gasteiger partial charge < -0.3 is 0 Å². The Balaban J connectivity index is 3.24. The van der Waals surface area contributed by atoms with Crippen LogP contribution in [0.2, 0.25) is 0 Å². The van der Waals surface area contributed by atoms with Gasteiger partial charge in [-0.3, -0.25) is 4.72 Å². The Morgan fingerprint density at radius 3 is 2.50 bits per heavy atom. The van der Waals surface area contributed by atoms with E-state index < -0.39 is 10.2 Å². The predicted octanol–water partition coefficient (Wildman–Crippen LogP) is 0.852. The Morgan fingerprint density at radius 2 is 2.07 bits per heavy atom. The molecular formula is C7H9N3O2S2. The van der Waals surface area contributed by atoms with Crippen molar-refractivity contribution < 1.29 is 8.42 Å². The quantitative estimate of drug-likeness (QED) is 0.789. The highest BCUT2D eigenvalue weighted by Crippen LogP contribution is 2.31. The number of nitrogens with one attached hydrogen (secondary N) is 1. The van der Waals surface area contributed by atoms with E-state index in [-0.39, 0.29) is 5.00 Å². The van der Waals surface area contributed by atoms with Crippen molar-refractivity contribution in [3.63, 3.8) is 0 Å². The van der Waals surface area contributed by atoms with E-state index in [4.69, 9.17) is 10.4 Å². The molecule has 0 atom stereocenters. The minimum absolute atomic E-state index is 0.282. The van der Waals surface area contributed by atoms with Gasteiger partial charge in [-0.05, 0) is 19.4 Å². The maximum Gasteiger partial charge on any atom is 0.297 e. The Hall–Kier alpha value is -1.10. The molecule has 76 valence electrons. The van der Waals surface area contributed by atoms with Crippen molar-refractivity contribution in [3.8, 4) is 6.07 Å². The Bertz CT molecular complexity index is 496. The van der Waals surface area contributed by atoms with Crippen LogP contribution in [0.3, 0.4) is 0 Å². The molecule has 0 amide bonds. The summed E-state index contributed by atoms with van der Waals surface area (Å²) in [5.74, 6) is 0. The summed E-state index contributed by atoms with van der Waals surface area (Å²) in [5.41, 5.74) is 1.12. The van der Waals surface area contributed by atoms with Crippen molar-refractivity contribution in [2.24, 2.45) is 5.14 Å². The van der Waals surface area contributed by atoms with Gasteiger partial charge in [0.25, 0.3) is 10.2 Å². The Labute approximate surface area is 86.3 Å². The first-order valence-corrected chi connectivity index (χ1v) is 6.02. The number of aryl methyl sites for hydroxylation is 1. The number of nitrogens with zero attached hydrogens (tertiary/aromatic N) is 1. The summed E-state index contributed by atoms with van der Waals surface area (Å²) < 4.78 is 23.6. The number of thiophene rings is 1. The number of nitrogens with two attached hydrogens (primary N) is 1. The monoisotopic (exact) mass is 231 g/mol. The third kappa shape index (κ3) is 2.23. The zero-order valence-electron chi connectivity index (χ0n) is 7.66. The van der Waals surface area contributed by atoms with Crippen LogP contribution in [0.25, 0.3) is 0 Å². The molecule has 3 N–H and O–H groups in total. The van der Waals surface area contributed by atoms with Gasteiger partial charge in [0, 0.05) is 4.88 Å². The van der Waals surface area contributed by atoms with E-state index in [2.05, 4.69) is 4.72 Å².